The fraction of sp³-hybridized carbons (Fsp3) is 0.381. The van der Waals surface area contributed by atoms with Gasteiger partial charge in [-0.2, -0.15) is 13.2 Å². The van der Waals surface area contributed by atoms with Crippen LogP contribution in [0.15, 0.2) is 32.1 Å². The molecule has 0 aromatic carbocycles. The van der Waals surface area contributed by atoms with Crippen LogP contribution in [0.5, 0.6) is 0 Å². The van der Waals surface area contributed by atoms with Crippen molar-refractivity contribution in [3.8, 4) is 0 Å². The quantitative estimate of drug-likeness (QED) is 0.0747. The van der Waals surface area contributed by atoms with Crippen molar-refractivity contribution in [1.82, 2.24) is 30.3 Å². The van der Waals surface area contributed by atoms with Gasteiger partial charge in [0.25, 0.3) is 11.8 Å². The van der Waals surface area contributed by atoms with Crippen molar-refractivity contribution in [2.45, 2.75) is 17.6 Å². The van der Waals surface area contributed by atoms with Crippen LogP contribution in [0.4, 0.5) is 18.3 Å². The molecule has 0 radical (unpaired) electrons. The number of carbonyl (C=O) groups is 5. The molecule has 19 nitrogen and oxygen atoms in total. The maximum Gasteiger partial charge on any atom is 0.471 e. The largest absolute Gasteiger partial charge is 0.477 e. The number of β-lactam (4-membered cyclic amide) rings is 1. The van der Waals surface area contributed by atoms with Crippen LogP contribution in [0.25, 0.3) is 0 Å². The second-order valence-electron chi connectivity index (χ2n) is 8.76. The molecule has 3 amide bonds. The highest BCUT2D eigenvalue weighted by Crippen LogP contribution is 2.41. The van der Waals surface area contributed by atoms with Gasteiger partial charge in [0.1, 0.15) is 43.4 Å². The summed E-state index contributed by atoms with van der Waals surface area (Å²) in [6.45, 7) is -0.214. The molecule has 1 saturated heterocycles. The maximum atomic E-state index is 13.1. The Hall–Kier alpha value is -4.62. The van der Waals surface area contributed by atoms with Crippen LogP contribution in [0.1, 0.15) is 5.69 Å². The molecule has 1 fully saturated rings. The van der Waals surface area contributed by atoms with Crippen molar-refractivity contribution in [1.29, 1.82) is 0 Å². The molecule has 1 aromatic rings. The molecule has 0 saturated carbocycles. The van der Waals surface area contributed by atoms with Crippen LogP contribution in [0.3, 0.4) is 0 Å². The number of rotatable bonds is 13. The molecular weight excluding hydrogens is 689 g/mol. The number of fused-ring (bicyclic) bond motifs is 1. The van der Waals surface area contributed by atoms with Crippen LogP contribution in [-0.4, -0.2) is 127 Å². The number of halogens is 3. The zero-order valence-electron chi connectivity index (χ0n) is 23.2. The van der Waals surface area contributed by atoms with E-state index in [-0.39, 0.29) is 35.2 Å². The molecule has 4 rings (SSSR count). The highest BCUT2D eigenvalue weighted by Gasteiger charge is 2.54. The van der Waals surface area contributed by atoms with Gasteiger partial charge < -0.3 is 25.2 Å². The van der Waals surface area contributed by atoms with Crippen LogP contribution in [0, 0.1) is 0 Å². The van der Waals surface area contributed by atoms with Crippen LogP contribution in [0.2, 0.25) is 0 Å². The van der Waals surface area contributed by atoms with E-state index < -0.39 is 58.1 Å². The number of nitrogens with one attached hydrogen (secondary N) is 3. The number of hydrogen-bond donors (Lipinski definition) is 5. The summed E-state index contributed by atoms with van der Waals surface area (Å²) in [6.07, 6.45) is -3.89. The van der Waals surface area contributed by atoms with E-state index in [9.17, 15) is 47.4 Å². The monoisotopic (exact) mass is 710 g/mol. The fourth-order valence-corrected chi connectivity index (χ4v) is 6.82. The molecule has 2 atom stereocenters. The Morgan fingerprint density at radius 3 is 2.57 bits per heavy atom. The predicted octanol–water partition coefficient (Wildman–Crippen LogP) is -0.551. The molecule has 1 unspecified atom stereocenters. The second kappa shape index (κ2) is 14.2. The van der Waals surface area contributed by atoms with E-state index in [0.29, 0.717) is 16.9 Å². The van der Waals surface area contributed by atoms with Gasteiger partial charge in [-0.3, -0.25) is 29.6 Å². The van der Waals surface area contributed by atoms with Gasteiger partial charge in [0.05, 0.1) is 6.54 Å². The van der Waals surface area contributed by atoms with Gasteiger partial charge in [-0.15, -0.1) is 38.3 Å². The minimum absolute atomic E-state index is 0.0555. The fourth-order valence-electron chi connectivity index (χ4n) is 3.86. The summed E-state index contributed by atoms with van der Waals surface area (Å²) in [7, 11) is 2.28. The van der Waals surface area contributed by atoms with E-state index in [0.717, 1.165) is 41.1 Å². The molecule has 4 heterocycles. The Labute approximate surface area is 267 Å². The van der Waals surface area contributed by atoms with Gasteiger partial charge in [0, 0.05) is 16.9 Å². The summed E-state index contributed by atoms with van der Waals surface area (Å²) in [5.74, 6) is -6.51. The van der Waals surface area contributed by atoms with Crippen molar-refractivity contribution in [3.63, 3.8) is 0 Å². The molecule has 25 heteroatoms. The first kappa shape index (κ1) is 34.3. The van der Waals surface area contributed by atoms with Crippen molar-refractivity contribution in [2.75, 3.05) is 37.6 Å². The van der Waals surface area contributed by atoms with Crippen molar-refractivity contribution in [3.05, 3.63) is 22.3 Å². The van der Waals surface area contributed by atoms with E-state index in [1.54, 1.807) is 5.32 Å². The number of carbonyl (C=O) groups excluding carboxylic acids is 3. The van der Waals surface area contributed by atoms with Crippen LogP contribution < -0.4 is 16.2 Å². The molecule has 0 spiro atoms. The molecule has 0 aliphatic carbocycles. The van der Waals surface area contributed by atoms with Gasteiger partial charge in [-0.25, -0.2) is 14.6 Å². The Morgan fingerprint density at radius 1 is 1.22 bits per heavy atom. The maximum absolute atomic E-state index is 13.1. The number of oxime groups is 2. The number of hydrazone groups is 1. The van der Waals surface area contributed by atoms with Crippen molar-refractivity contribution >= 4 is 87.6 Å². The van der Waals surface area contributed by atoms with Crippen LogP contribution in [-0.2, 0) is 33.6 Å². The Bertz CT molecular complexity index is 1550. The topological polar surface area (TPSA) is 240 Å². The van der Waals surface area contributed by atoms with E-state index >= 15 is 0 Å². The van der Waals surface area contributed by atoms with Crippen molar-refractivity contribution in [2.24, 2.45) is 15.4 Å². The number of amides is 3. The summed E-state index contributed by atoms with van der Waals surface area (Å²) in [4.78, 5) is 74.7. The number of anilines is 1. The third kappa shape index (κ3) is 7.60. The van der Waals surface area contributed by atoms with E-state index in [4.69, 9.17) is 0 Å². The lowest BCUT2D eigenvalue weighted by atomic mass is 10.0. The highest BCUT2D eigenvalue weighted by molar-refractivity contribution is 8.00. The molecule has 46 heavy (non-hydrogen) atoms. The Balaban J connectivity index is 1.39. The number of thiazole rings is 1. The summed E-state index contributed by atoms with van der Waals surface area (Å²) >= 11 is 2.76. The van der Waals surface area contributed by atoms with Gasteiger partial charge >= 0.3 is 24.0 Å². The SMILES string of the molecule is CON=C(CN1C=NN(SCC2=C(C(=O)O)N3C(=O)C(NC(=O)C(=NOC)c4csc(NC(=O)C(F)(F)F)n4)[C@@H]3SC2)N1)C(=O)O. The minimum atomic E-state index is -5.17. The highest BCUT2D eigenvalue weighted by atomic mass is 32.2. The first-order chi connectivity index (χ1) is 21.7. The number of hydrogen-bond acceptors (Lipinski definition) is 17. The Morgan fingerprint density at radius 2 is 1.93 bits per heavy atom. The van der Waals surface area contributed by atoms with Gasteiger partial charge in [0.2, 0.25) is 0 Å². The molecule has 0 bridgehead atoms. The van der Waals surface area contributed by atoms with Crippen LogP contribution >= 0.6 is 35.0 Å². The van der Waals surface area contributed by atoms with Gasteiger partial charge in [-0.1, -0.05) is 10.3 Å². The second-order valence-corrected chi connectivity index (χ2v) is 11.6. The lowest BCUT2D eigenvalue weighted by Crippen LogP contribution is -2.71. The lowest BCUT2D eigenvalue weighted by Gasteiger charge is -2.49. The normalized spacial score (nSPS) is 19.9. The van der Waals surface area contributed by atoms with Crippen molar-refractivity contribution < 1.29 is 57.0 Å². The molecular formula is C21H21F3N10O9S3. The van der Waals surface area contributed by atoms with E-state index in [1.807, 2.05) is 0 Å². The summed E-state index contributed by atoms with van der Waals surface area (Å²) in [5, 5.41) is 35.2. The van der Waals surface area contributed by atoms with Gasteiger partial charge in [0.15, 0.2) is 16.6 Å². The first-order valence-corrected chi connectivity index (χ1v) is 15.1. The van der Waals surface area contributed by atoms with Gasteiger partial charge in [-0.05, 0) is 17.5 Å². The number of alkyl halides is 3. The minimum Gasteiger partial charge on any atom is -0.477 e. The molecule has 5 N–H and O–H groups in total. The Kier molecular flexibility index (Phi) is 10.6. The number of carboxylic acids is 2. The predicted molar refractivity (Wildman–Crippen MR) is 155 cm³/mol. The first-order valence-electron chi connectivity index (χ1n) is 12.2. The summed E-state index contributed by atoms with van der Waals surface area (Å²) < 4.78 is 38.9. The average Bonchev–Trinajstić information content (AvgIpc) is 3.65. The smallest absolute Gasteiger partial charge is 0.471 e. The zero-order valence-corrected chi connectivity index (χ0v) is 25.6. The number of aliphatic carboxylic acids is 2. The average molecular weight is 711 g/mol. The third-order valence-electron chi connectivity index (χ3n) is 5.80. The summed E-state index contributed by atoms with van der Waals surface area (Å²) in [5.41, 5.74) is 1.73. The number of nitrogens with zero attached hydrogens (tertiary/aromatic N) is 7. The number of thioether (sulfide) groups is 1. The molecule has 1 aromatic heterocycles. The molecule has 3 aliphatic heterocycles. The third-order valence-corrected chi connectivity index (χ3v) is 8.79. The molecule has 3 aliphatic rings. The van der Waals surface area contributed by atoms with E-state index in [1.165, 1.54) is 23.0 Å². The number of carboxylic acid groups (broad SMARTS) is 2. The summed E-state index contributed by atoms with van der Waals surface area (Å²) in [6, 6.07) is -1.19. The lowest BCUT2D eigenvalue weighted by molar-refractivity contribution is -0.167. The van der Waals surface area contributed by atoms with E-state index in [2.05, 4.69) is 40.9 Å². The zero-order chi connectivity index (χ0) is 33.8. The number of hydrazine groups is 2. The molecule has 248 valence electrons. The number of aromatic nitrogens is 1. The standard InChI is InChI=1S/C21H21F3N10O9S3/c1-42-29-9(17(37)38)3-32-7-25-34(31-32)46-5-8-4-44-16-12(15(36)33(16)13(8)18(39)40)27-14(35)11(30-43-2)10-6-45-20(26-10)28-19(41)21(22,23)24/h6-7,12,16,31H,3-5H2,1-2H3,(H,27,35)(H,37,38)(H,39,40)(H,26,28,41)/t12?,16-/m0/s1.